The number of unbranched alkanes of at least 4 members (excludes halogenated alkanes) is 2. The third-order valence-electron chi connectivity index (χ3n) is 3.89. The van der Waals surface area contributed by atoms with Crippen LogP contribution in [0.5, 0.6) is 0 Å². The van der Waals surface area contributed by atoms with Crippen molar-refractivity contribution in [1.82, 2.24) is 0 Å². The minimum absolute atomic E-state index is 0.248. The van der Waals surface area contributed by atoms with Crippen molar-refractivity contribution in [2.75, 3.05) is 16.8 Å². The molecule has 1 fully saturated rings. The van der Waals surface area contributed by atoms with Gasteiger partial charge < -0.3 is 10.2 Å². The van der Waals surface area contributed by atoms with E-state index in [0.29, 0.717) is 12.5 Å². The van der Waals surface area contributed by atoms with E-state index in [1.165, 1.54) is 25.7 Å². The molecule has 20 heavy (non-hydrogen) atoms. The number of nitrogens with one attached hydrogen (secondary N) is 1. The molecule has 0 bridgehead atoms. The molecule has 2 rings (SSSR count). The maximum atomic E-state index is 11.8. The van der Waals surface area contributed by atoms with Crippen molar-refractivity contribution in [1.29, 1.82) is 0 Å². The van der Waals surface area contributed by atoms with Gasteiger partial charge in [0.15, 0.2) is 0 Å². The highest BCUT2D eigenvalue weighted by Crippen LogP contribution is 2.24. The summed E-state index contributed by atoms with van der Waals surface area (Å²) in [5, 5.41) is 3.54. The first-order chi connectivity index (χ1) is 9.70. The summed E-state index contributed by atoms with van der Waals surface area (Å²) in [5.74, 6) is 0.248. The highest BCUT2D eigenvalue weighted by molar-refractivity contribution is 5.95. The lowest BCUT2D eigenvalue weighted by molar-refractivity contribution is -0.117. The summed E-state index contributed by atoms with van der Waals surface area (Å²) in [6, 6.07) is 8.71. The number of amides is 1. The number of hydrogen-bond acceptors (Lipinski definition) is 2. The standard InChI is InChI=1S/C17H26N2O/c1-3-4-5-8-14(2)18-15-9-6-10-16(13-15)19-12-7-11-17(19)20/h6,9-10,13-14,18H,3-5,7-8,11-12H2,1-2H3. The highest BCUT2D eigenvalue weighted by atomic mass is 16.2. The molecule has 0 saturated carbocycles. The zero-order chi connectivity index (χ0) is 14.4. The SMILES string of the molecule is CCCCCC(C)Nc1cccc(N2CCCC2=O)c1. The lowest BCUT2D eigenvalue weighted by Gasteiger charge is -2.19. The Morgan fingerprint density at radius 2 is 2.20 bits per heavy atom. The van der Waals surface area contributed by atoms with Crippen LogP contribution in [0.1, 0.15) is 52.4 Å². The van der Waals surface area contributed by atoms with E-state index in [2.05, 4.69) is 31.3 Å². The maximum Gasteiger partial charge on any atom is 0.227 e. The predicted octanol–water partition coefficient (Wildman–Crippen LogP) is 4.19. The molecule has 110 valence electrons. The van der Waals surface area contributed by atoms with E-state index in [1.807, 2.05) is 17.0 Å². The van der Waals surface area contributed by atoms with Crippen molar-refractivity contribution in [3.63, 3.8) is 0 Å². The van der Waals surface area contributed by atoms with E-state index in [-0.39, 0.29) is 5.91 Å². The van der Waals surface area contributed by atoms with Gasteiger partial charge in [0.2, 0.25) is 5.91 Å². The van der Waals surface area contributed by atoms with Crippen LogP contribution in [0.4, 0.5) is 11.4 Å². The summed E-state index contributed by atoms with van der Waals surface area (Å²) in [6.45, 7) is 5.31. The molecule has 1 amide bonds. The number of benzene rings is 1. The van der Waals surface area contributed by atoms with Gasteiger partial charge in [0.1, 0.15) is 0 Å². The van der Waals surface area contributed by atoms with Crippen LogP contribution in [0.2, 0.25) is 0 Å². The van der Waals surface area contributed by atoms with Gasteiger partial charge in [-0.15, -0.1) is 0 Å². The molecule has 1 aromatic carbocycles. The van der Waals surface area contributed by atoms with Gasteiger partial charge in [-0.05, 0) is 38.0 Å². The van der Waals surface area contributed by atoms with Crippen LogP contribution >= 0.6 is 0 Å². The van der Waals surface area contributed by atoms with E-state index in [0.717, 1.165) is 24.3 Å². The highest BCUT2D eigenvalue weighted by Gasteiger charge is 2.21. The fourth-order valence-electron chi connectivity index (χ4n) is 2.74. The zero-order valence-electron chi connectivity index (χ0n) is 12.7. The Kier molecular flexibility index (Phi) is 5.45. The second kappa shape index (κ2) is 7.32. The van der Waals surface area contributed by atoms with Crippen LogP contribution < -0.4 is 10.2 Å². The zero-order valence-corrected chi connectivity index (χ0v) is 12.7. The van der Waals surface area contributed by atoms with E-state index >= 15 is 0 Å². The number of carbonyl (C=O) groups excluding carboxylic acids is 1. The van der Waals surface area contributed by atoms with Crippen LogP contribution in [-0.2, 0) is 4.79 Å². The number of rotatable bonds is 7. The van der Waals surface area contributed by atoms with Crippen molar-refractivity contribution in [2.24, 2.45) is 0 Å². The average Bonchev–Trinajstić information content (AvgIpc) is 2.85. The van der Waals surface area contributed by atoms with Crippen molar-refractivity contribution >= 4 is 17.3 Å². The summed E-state index contributed by atoms with van der Waals surface area (Å²) in [5.41, 5.74) is 2.14. The maximum absolute atomic E-state index is 11.8. The molecule has 0 aromatic heterocycles. The Bertz CT molecular complexity index is 444. The third kappa shape index (κ3) is 3.99. The number of carbonyl (C=O) groups is 1. The Balaban J connectivity index is 1.94. The van der Waals surface area contributed by atoms with E-state index in [1.54, 1.807) is 0 Å². The van der Waals surface area contributed by atoms with Crippen molar-refractivity contribution < 1.29 is 4.79 Å². The molecule has 1 atom stereocenters. The van der Waals surface area contributed by atoms with E-state index < -0.39 is 0 Å². The Morgan fingerprint density at radius 3 is 2.90 bits per heavy atom. The van der Waals surface area contributed by atoms with E-state index in [4.69, 9.17) is 0 Å². The second-order valence-corrected chi connectivity index (χ2v) is 5.74. The fraction of sp³-hybridized carbons (Fsp3) is 0.588. The Labute approximate surface area is 122 Å². The molecule has 3 nitrogen and oxygen atoms in total. The van der Waals surface area contributed by atoms with Crippen LogP contribution in [0.3, 0.4) is 0 Å². The number of anilines is 2. The Morgan fingerprint density at radius 1 is 1.35 bits per heavy atom. The summed E-state index contributed by atoms with van der Waals surface area (Å²) in [6.07, 6.45) is 6.69. The van der Waals surface area contributed by atoms with Crippen LogP contribution in [0, 0.1) is 0 Å². The Hall–Kier alpha value is -1.51. The molecule has 1 aliphatic heterocycles. The molecule has 1 unspecified atom stereocenters. The lowest BCUT2D eigenvalue weighted by Crippen LogP contribution is -2.24. The van der Waals surface area contributed by atoms with Crippen molar-refractivity contribution in [3.05, 3.63) is 24.3 Å². The summed E-state index contributed by atoms with van der Waals surface area (Å²) < 4.78 is 0. The molecule has 1 N–H and O–H groups in total. The normalized spacial score (nSPS) is 16.5. The summed E-state index contributed by atoms with van der Waals surface area (Å²) in [7, 11) is 0. The molecule has 3 heteroatoms. The lowest BCUT2D eigenvalue weighted by atomic mass is 10.1. The molecule has 1 aliphatic rings. The minimum Gasteiger partial charge on any atom is -0.383 e. The minimum atomic E-state index is 0.248. The van der Waals surface area contributed by atoms with Gasteiger partial charge in [-0.3, -0.25) is 4.79 Å². The molecule has 0 aliphatic carbocycles. The molecule has 0 spiro atoms. The van der Waals surface area contributed by atoms with Crippen molar-refractivity contribution in [3.8, 4) is 0 Å². The molecule has 1 aromatic rings. The first-order valence-electron chi connectivity index (χ1n) is 7.87. The average molecular weight is 274 g/mol. The molecule has 1 saturated heterocycles. The fourth-order valence-corrected chi connectivity index (χ4v) is 2.74. The molecule has 1 heterocycles. The van der Waals surface area contributed by atoms with Gasteiger partial charge >= 0.3 is 0 Å². The van der Waals surface area contributed by atoms with Gasteiger partial charge in [0, 0.05) is 30.4 Å². The molecular weight excluding hydrogens is 248 g/mol. The predicted molar refractivity (Wildman–Crippen MR) is 85.3 cm³/mol. The van der Waals surface area contributed by atoms with Gasteiger partial charge in [0.25, 0.3) is 0 Å². The van der Waals surface area contributed by atoms with Gasteiger partial charge in [0.05, 0.1) is 0 Å². The summed E-state index contributed by atoms with van der Waals surface area (Å²) >= 11 is 0. The van der Waals surface area contributed by atoms with Crippen molar-refractivity contribution in [2.45, 2.75) is 58.4 Å². The summed E-state index contributed by atoms with van der Waals surface area (Å²) in [4.78, 5) is 13.7. The van der Waals surface area contributed by atoms with E-state index in [9.17, 15) is 4.79 Å². The number of hydrogen-bond donors (Lipinski definition) is 1. The van der Waals surface area contributed by atoms with Crippen LogP contribution in [-0.4, -0.2) is 18.5 Å². The monoisotopic (exact) mass is 274 g/mol. The largest absolute Gasteiger partial charge is 0.383 e. The number of nitrogens with zero attached hydrogens (tertiary/aromatic N) is 1. The third-order valence-corrected chi connectivity index (χ3v) is 3.89. The topological polar surface area (TPSA) is 32.3 Å². The van der Waals surface area contributed by atoms with Crippen LogP contribution in [0.25, 0.3) is 0 Å². The molecular formula is C17H26N2O. The van der Waals surface area contributed by atoms with Gasteiger partial charge in [-0.1, -0.05) is 32.3 Å². The first-order valence-corrected chi connectivity index (χ1v) is 7.87. The van der Waals surface area contributed by atoms with Gasteiger partial charge in [-0.25, -0.2) is 0 Å². The molecule has 0 radical (unpaired) electrons. The quantitative estimate of drug-likeness (QED) is 0.756. The first kappa shape index (κ1) is 14.9. The van der Waals surface area contributed by atoms with Crippen LogP contribution in [0.15, 0.2) is 24.3 Å². The smallest absolute Gasteiger partial charge is 0.227 e. The second-order valence-electron chi connectivity index (χ2n) is 5.74. The van der Waals surface area contributed by atoms with Gasteiger partial charge in [-0.2, -0.15) is 0 Å².